The maximum absolute atomic E-state index is 13.4. The maximum atomic E-state index is 13.4. The van der Waals surface area contributed by atoms with E-state index in [1.165, 1.54) is 16.2 Å². The van der Waals surface area contributed by atoms with Gasteiger partial charge in [-0.3, -0.25) is 9.59 Å². The molecule has 0 saturated carbocycles. The molecule has 0 saturated heterocycles. The van der Waals surface area contributed by atoms with Gasteiger partial charge in [-0.2, -0.15) is 0 Å². The van der Waals surface area contributed by atoms with E-state index in [1.807, 2.05) is 55.6 Å². The number of nitrogens with zero attached hydrogens (tertiary/aromatic N) is 1. The Morgan fingerprint density at radius 2 is 1.61 bits per heavy atom. The topological polar surface area (TPSA) is 67.9 Å². The molecule has 1 aliphatic heterocycles. The van der Waals surface area contributed by atoms with Crippen LogP contribution in [0.25, 0.3) is 5.57 Å². The lowest BCUT2D eigenvalue weighted by Gasteiger charge is -2.16. The van der Waals surface area contributed by atoms with Gasteiger partial charge in [0.1, 0.15) is 17.2 Å². The van der Waals surface area contributed by atoms with E-state index in [4.69, 9.17) is 9.47 Å². The van der Waals surface area contributed by atoms with Gasteiger partial charge in [0.2, 0.25) is 0 Å². The fraction of sp³-hybridized carbons (Fsp3) is 0.167. The normalized spacial score (nSPS) is 13.7. The number of hydrogen-bond acceptors (Lipinski definition) is 6. The summed E-state index contributed by atoms with van der Waals surface area (Å²) in [5.74, 6) is 0.514. The zero-order chi connectivity index (χ0) is 21.8. The van der Waals surface area contributed by atoms with Crippen molar-refractivity contribution in [3.8, 4) is 11.5 Å². The molecule has 0 aliphatic carbocycles. The van der Waals surface area contributed by atoms with Gasteiger partial charge < -0.3 is 14.8 Å². The number of benzene rings is 2. The summed E-state index contributed by atoms with van der Waals surface area (Å²) in [5.41, 5.74) is 1.69. The van der Waals surface area contributed by atoms with Crippen LogP contribution in [0.2, 0.25) is 0 Å². The number of thiophene rings is 1. The summed E-state index contributed by atoms with van der Waals surface area (Å²) in [7, 11) is 0. The van der Waals surface area contributed by atoms with E-state index in [1.54, 1.807) is 24.3 Å². The largest absolute Gasteiger partial charge is 0.494 e. The monoisotopic (exact) mass is 434 g/mol. The first-order valence-corrected chi connectivity index (χ1v) is 10.9. The summed E-state index contributed by atoms with van der Waals surface area (Å²) in [4.78, 5) is 28.7. The summed E-state index contributed by atoms with van der Waals surface area (Å²) in [6, 6.07) is 18.0. The Bertz CT molecular complexity index is 1120. The molecule has 2 heterocycles. The summed E-state index contributed by atoms with van der Waals surface area (Å²) in [5, 5.41) is 5.05. The highest BCUT2D eigenvalue weighted by atomic mass is 32.1. The number of para-hydroxylation sites is 2. The van der Waals surface area contributed by atoms with Crippen LogP contribution in [-0.2, 0) is 9.59 Å². The molecule has 0 radical (unpaired) electrons. The third-order valence-corrected chi connectivity index (χ3v) is 5.59. The molecule has 7 heteroatoms. The van der Waals surface area contributed by atoms with Crippen molar-refractivity contribution in [3.05, 3.63) is 76.6 Å². The van der Waals surface area contributed by atoms with Gasteiger partial charge in [0.25, 0.3) is 11.8 Å². The Kier molecular flexibility index (Phi) is 6.04. The van der Waals surface area contributed by atoms with E-state index in [2.05, 4.69) is 5.32 Å². The SMILES string of the molecule is CCOc1ccc(N2C(=O)C(Nc3ccccc3OCC)=C(c3cccs3)C2=O)cc1. The Morgan fingerprint density at radius 1 is 0.871 bits per heavy atom. The predicted octanol–water partition coefficient (Wildman–Crippen LogP) is 4.94. The van der Waals surface area contributed by atoms with Crippen LogP contribution in [0.5, 0.6) is 11.5 Å². The summed E-state index contributed by atoms with van der Waals surface area (Å²) in [6.45, 7) is 4.82. The number of nitrogens with one attached hydrogen (secondary N) is 1. The molecule has 1 aromatic heterocycles. The lowest BCUT2D eigenvalue weighted by molar-refractivity contribution is -0.120. The molecule has 0 fully saturated rings. The molecule has 0 atom stereocenters. The maximum Gasteiger partial charge on any atom is 0.282 e. The smallest absolute Gasteiger partial charge is 0.282 e. The number of anilines is 2. The van der Waals surface area contributed by atoms with E-state index >= 15 is 0 Å². The molecule has 2 amide bonds. The molecule has 1 aliphatic rings. The second-order valence-electron chi connectivity index (χ2n) is 6.65. The molecule has 0 spiro atoms. The number of imide groups is 1. The predicted molar refractivity (Wildman–Crippen MR) is 123 cm³/mol. The molecule has 6 nitrogen and oxygen atoms in total. The van der Waals surface area contributed by atoms with Gasteiger partial charge in [0.15, 0.2) is 0 Å². The number of amides is 2. The van der Waals surface area contributed by atoms with Gasteiger partial charge in [-0.15, -0.1) is 11.3 Å². The van der Waals surface area contributed by atoms with Gasteiger partial charge in [-0.1, -0.05) is 18.2 Å². The Hall–Kier alpha value is -3.58. The van der Waals surface area contributed by atoms with Crippen molar-refractivity contribution in [2.24, 2.45) is 0 Å². The highest BCUT2D eigenvalue weighted by Gasteiger charge is 2.41. The van der Waals surface area contributed by atoms with Crippen LogP contribution in [0.1, 0.15) is 18.7 Å². The van der Waals surface area contributed by atoms with Gasteiger partial charge in [0, 0.05) is 4.88 Å². The standard InChI is InChI=1S/C24H22N2O4S/c1-3-29-17-13-11-16(12-14-17)26-23(27)21(20-10-7-15-31-20)22(24(26)28)25-18-8-5-6-9-19(18)30-4-2/h5-15,25H,3-4H2,1-2H3. The zero-order valence-corrected chi connectivity index (χ0v) is 18.1. The number of carbonyl (C=O) groups excluding carboxylic acids is 2. The third kappa shape index (κ3) is 4.04. The quantitative estimate of drug-likeness (QED) is 0.509. The number of carbonyl (C=O) groups is 2. The van der Waals surface area contributed by atoms with Crippen molar-refractivity contribution in [1.82, 2.24) is 0 Å². The summed E-state index contributed by atoms with van der Waals surface area (Å²) < 4.78 is 11.1. The van der Waals surface area contributed by atoms with Gasteiger partial charge in [0.05, 0.1) is 30.2 Å². The number of rotatable bonds is 8. The zero-order valence-electron chi connectivity index (χ0n) is 17.3. The van der Waals surface area contributed by atoms with Crippen LogP contribution < -0.4 is 19.7 Å². The van der Waals surface area contributed by atoms with Crippen LogP contribution in [0.4, 0.5) is 11.4 Å². The third-order valence-electron chi connectivity index (χ3n) is 4.70. The molecule has 158 valence electrons. The molecule has 3 aromatic rings. The summed E-state index contributed by atoms with van der Waals surface area (Å²) in [6.07, 6.45) is 0. The lowest BCUT2D eigenvalue weighted by Crippen LogP contribution is -2.32. The van der Waals surface area contributed by atoms with E-state index in [0.29, 0.717) is 41.7 Å². The molecule has 0 bridgehead atoms. The second kappa shape index (κ2) is 9.06. The van der Waals surface area contributed by atoms with Crippen LogP contribution in [-0.4, -0.2) is 25.0 Å². The molecular formula is C24H22N2O4S. The van der Waals surface area contributed by atoms with Crippen molar-refractivity contribution < 1.29 is 19.1 Å². The van der Waals surface area contributed by atoms with Crippen LogP contribution in [0.3, 0.4) is 0 Å². The van der Waals surface area contributed by atoms with E-state index in [9.17, 15) is 9.59 Å². The first kappa shape index (κ1) is 20.7. The fourth-order valence-corrected chi connectivity index (χ4v) is 4.14. The molecule has 4 rings (SSSR count). The molecule has 2 aromatic carbocycles. The van der Waals surface area contributed by atoms with Crippen LogP contribution in [0, 0.1) is 0 Å². The van der Waals surface area contributed by atoms with Crippen molar-refractivity contribution in [2.45, 2.75) is 13.8 Å². The molecule has 1 N–H and O–H groups in total. The summed E-state index contributed by atoms with van der Waals surface area (Å²) >= 11 is 1.41. The van der Waals surface area contributed by atoms with E-state index in [0.717, 1.165) is 4.88 Å². The minimum Gasteiger partial charge on any atom is -0.494 e. The average molecular weight is 435 g/mol. The van der Waals surface area contributed by atoms with Gasteiger partial charge in [-0.25, -0.2) is 4.90 Å². The highest BCUT2D eigenvalue weighted by Crippen LogP contribution is 2.37. The lowest BCUT2D eigenvalue weighted by atomic mass is 10.1. The minimum absolute atomic E-state index is 0.230. The minimum atomic E-state index is -0.413. The first-order valence-electron chi connectivity index (χ1n) is 10.0. The highest BCUT2D eigenvalue weighted by molar-refractivity contribution is 7.11. The second-order valence-corrected chi connectivity index (χ2v) is 7.60. The Labute approximate surface area is 184 Å². The van der Waals surface area contributed by atoms with Crippen molar-refractivity contribution in [3.63, 3.8) is 0 Å². The van der Waals surface area contributed by atoms with Crippen molar-refractivity contribution in [1.29, 1.82) is 0 Å². The van der Waals surface area contributed by atoms with Gasteiger partial charge in [-0.05, 0) is 61.7 Å². The van der Waals surface area contributed by atoms with E-state index in [-0.39, 0.29) is 11.6 Å². The van der Waals surface area contributed by atoms with Crippen LogP contribution in [0.15, 0.2) is 71.7 Å². The van der Waals surface area contributed by atoms with Crippen molar-refractivity contribution >= 4 is 40.1 Å². The molecule has 31 heavy (non-hydrogen) atoms. The Morgan fingerprint density at radius 3 is 2.29 bits per heavy atom. The van der Waals surface area contributed by atoms with Crippen LogP contribution >= 0.6 is 11.3 Å². The molecular weight excluding hydrogens is 412 g/mol. The first-order chi connectivity index (χ1) is 15.1. The van der Waals surface area contributed by atoms with E-state index < -0.39 is 5.91 Å². The van der Waals surface area contributed by atoms with Gasteiger partial charge >= 0.3 is 0 Å². The average Bonchev–Trinajstić information content (AvgIpc) is 3.38. The molecule has 0 unspecified atom stereocenters. The van der Waals surface area contributed by atoms with Crippen molar-refractivity contribution in [2.75, 3.05) is 23.4 Å². The number of ether oxygens (including phenoxy) is 2. The Balaban J connectivity index is 1.74. The number of hydrogen-bond donors (Lipinski definition) is 1. The fourth-order valence-electron chi connectivity index (χ4n) is 3.37.